The highest BCUT2D eigenvalue weighted by molar-refractivity contribution is 5.92. The monoisotopic (exact) mass is 276 g/mol. The Morgan fingerprint density at radius 3 is 2.50 bits per heavy atom. The van der Waals surface area contributed by atoms with E-state index in [4.69, 9.17) is 0 Å². The topological polar surface area (TPSA) is 70.5 Å². The predicted molar refractivity (Wildman–Crippen MR) is 74.5 cm³/mol. The van der Waals surface area contributed by atoms with Gasteiger partial charge in [-0.15, -0.1) is 0 Å². The smallest absolute Gasteiger partial charge is 0.309 e. The summed E-state index contributed by atoms with van der Waals surface area (Å²) in [5, 5.41) is 9.35. The van der Waals surface area contributed by atoms with Crippen molar-refractivity contribution in [3.63, 3.8) is 0 Å². The number of carboxylic acid groups (broad SMARTS) is 1. The molecule has 0 aliphatic carbocycles. The van der Waals surface area contributed by atoms with Crippen LogP contribution in [-0.4, -0.2) is 40.0 Å². The van der Waals surface area contributed by atoms with E-state index in [9.17, 15) is 14.7 Å². The molecular weight excluding hydrogens is 256 g/mol. The van der Waals surface area contributed by atoms with E-state index >= 15 is 0 Å². The molecule has 1 aliphatic heterocycles. The second-order valence-electron chi connectivity index (χ2n) is 5.40. The van der Waals surface area contributed by atoms with Gasteiger partial charge >= 0.3 is 5.97 Å². The first-order chi connectivity index (χ1) is 9.48. The molecule has 1 aromatic heterocycles. The number of nitrogens with zero attached hydrogens (tertiary/aromatic N) is 2. The van der Waals surface area contributed by atoms with Crippen LogP contribution in [0.25, 0.3) is 0 Å². The van der Waals surface area contributed by atoms with Crippen molar-refractivity contribution in [3.05, 3.63) is 29.6 Å². The van der Waals surface area contributed by atoms with Crippen molar-refractivity contribution in [2.45, 2.75) is 33.1 Å². The van der Waals surface area contributed by atoms with E-state index in [0.717, 1.165) is 5.69 Å². The fraction of sp³-hybridized carbons (Fsp3) is 0.533. The first-order valence-electron chi connectivity index (χ1n) is 6.95. The van der Waals surface area contributed by atoms with Gasteiger partial charge in [-0.3, -0.25) is 9.59 Å². The van der Waals surface area contributed by atoms with Crippen LogP contribution in [0.5, 0.6) is 0 Å². The van der Waals surface area contributed by atoms with Crippen LogP contribution in [0, 0.1) is 12.3 Å². The number of aromatic nitrogens is 1. The zero-order valence-electron chi connectivity index (χ0n) is 11.9. The zero-order chi connectivity index (χ0) is 14.8. The quantitative estimate of drug-likeness (QED) is 0.918. The molecular formula is C15H20N2O3. The number of likely N-dealkylation sites (tertiary alicyclic amines) is 1. The summed E-state index contributed by atoms with van der Waals surface area (Å²) in [5.74, 6) is -0.857. The van der Waals surface area contributed by atoms with Gasteiger partial charge in [0, 0.05) is 18.8 Å². The number of carboxylic acids is 1. The number of hydrogen-bond donors (Lipinski definition) is 1. The van der Waals surface area contributed by atoms with E-state index in [1.165, 1.54) is 0 Å². The lowest BCUT2D eigenvalue weighted by molar-refractivity contribution is -0.152. The maximum atomic E-state index is 12.3. The van der Waals surface area contributed by atoms with E-state index in [1.807, 2.05) is 26.0 Å². The number of hydrogen-bond acceptors (Lipinski definition) is 3. The molecule has 2 rings (SSSR count). The summed E-state index contributed by atoms with van der Waals surface area (Å²) < 4.78 is 0. The minimum Gasteiger partial charge on any atom is -0.481 e. The van der Waals surface area contributed by atoms with Crippen LogP contribution < -0.4 is 0 Å². The summed E-state index contributed by atoms with van der Waals surface area (Å²) in [6.45, 7) is 4.70. The van der Waals surface area contributed by atoms with Crippen LogP contribution in [0.2, 0.25) is 0 Å². The number of carbonyl (C=O) groups excluding carboxylic acids is 1. The van der Waals surface area contributed by atoms with Crippen molar-refractivity contribution in [3.8, 4) is 0 Å². The molecule has 1 aromatic rings. The molecule has 5 nitrogen and oxygen atoms in total. The van der Waals surface area contributed by atoms with Gasteiger partial charge in [0.2, 0.25) is 0 Å². The summed E-state index contributed by atoms with van der Waals surface area (Å²) in [4.78, 5) is 29.7. The number of aryl methyl sites for hydroxylation is 1. The molecule has 0 unspecified atom stereocenters. The molecule has 0 radical (unpaired) electrons. The minimum atomic E-state index is -0.749. The molecule has 20 heavy (non-hydrogen) atoms. The first kappa shape index (κ1) is 14.5. The maximum absolute atomic E-state index is 12.3. The lowest BCUT2D eigenvalue weighted by atomic mass is 9.76. The van der Waals surface area contributed by atoms with Gasteiger partial charge in [0.05, 0.1) is 5.41 Å². The van der Waals surface area contributed by atoms with Gasteiger partial charge in [0.25, 0.3) is 5.91 Å². The fourth-order valence-corrected chi connectivity index (χ4v) is 2.68. The Kier molecular flexibility index (Phi) is 4.06. The Morgan fingerprint density at radius 1 is 1.35 bits per heavy atom. The normalized spacial score (nSPS) is 17.8. The third-order valence-corrected chi connectivity index (χ3v) is 4.25. The largest absolute Gasteiger partial charge is 0.481 e. The molecule has 1 fully saturated rings. The molecule has 0 aromatic carbocycles. The van der Waals surface area contributed by atoms with Crippen LogP contribution in [0.1, 0.15) is 42.4 Å². The Balaban J connectivity index is 2.07. The van der Waals surface area contributed by atoms with Gasteiger partial charge in [-0.25, -0.2) is 4.98 Å². The lowest BCUT2D eigenvalue weighted by Crippen LogP contribution is -2.46. The van der Waals surface area contributed by atoms with Crippen molar-refractivity contribution < 1.29 is 14.7 Å². The van der Waals surface area contributed by atoms with Gasteiger partial charge in [-0.05, 0) is 38.3 Å². The fourth-order valence-electron chi connectivity index (χ4n) is 2.68. The second-order valence-corrected chi connectivity index (χ2v) is 5.40. The number of pyridine rings is 1. The van der Waals surface area contributed by atoms with E-state index in [1.54, 1.807) is 11.0 Å². The van der Waals surface area contributed by atoms with Crippen LogP contribution >= 0.6 is 0 Å². The number of piperidine rings is 1. The van der Waals surface area contributed by atoms with Crippen LogP contribution in [0.3, 0.4) is 0 Å². The Morgan fingerprint density at radius 2 is 2.00 bits per heavy atom. The van der Waals surface area contributed by atoms with Gasteiger partial charge < -0.3 is 10.0 Å². The molecule has 1 aliphatic rings. The highest BCUT2D eigenvalue weighted by Gasteiger charge is 2.41. The van der Waals surface area contributed by atoms with Gasteiger partial charge in [0.15, 0.2) is 0 Å². The molecule has 2 heterocycles. The Labute approximate surface area is 118 Å². The first-order valence-corrected chi connectivity index (χ1v) is 6.95. The lowest BCUT2D eigenvalue weighted by Gasteiger charge is -2.38. The Bertz CT molecular complexity index is 520. The highest BCUT2D eigenvalue weighted by Crippen LogP contribution is 2.35. The molecule has 0 bridgehead atoms. The summed E-state index contributed by atoms with van der Waals surface area (Å²) in [5.41, 5.74) is 0.571. The summed E-state index contributed by atoms with van der Waals surface area (Å²) in [7, 11) is 0. The highest BCUT2D eigenvalue weighted by atomic mass is 16.4. The molecule has 0 atom stereocenters. The molecule has 0 saturated carbocycles. The van der Waals surface area contributed by atoms with Crippen molar-refractivity contribution in [1.29, 1.82) is 0 Å². The molecule has 1 N–H and O–H groups in total. The van der Waals surface area contributed by atoms with Crippen molar-refractivity contribution in [2.24, 2.45) is 5.41 Å². The SMILES string of the molecule is CCC1(C(=O)O)CCN(C(=O)c2cccc(C)n2)CC1. The number of carbonyl (C=O) groups is 2. The van der Waals surface area contributed by atoms with E-state index in [2.05, 4.69) is 4.98 Å². The summed E-state index contributed by atoms with van der Waals surface area (Å²) >= 11 is 0. The van der Waals surface area contributed by atoms with Gasteiger partial charge in [-0.2, -0.15) is 0 Å². The third-order valence-electron chi connectivity index (χ3n) is 4.25. The molecule has 108 valence electrons. The number of aliphatic carboxylic acids is 1. The summed E-state index contributed by atoms with van der Waals surface area (Å²) in [6.07, 6.45) is 1.62. The molecule has 0 spiro atoms. The standard InChI is InChI=1S/C15H20N2O3/c1-3-15(14(19)20)7-9-17(10-8-15)13(18)12-6-4-5-11(2)16-12/h4-6H,3,7-10H2,1-2H3,(H,19,20). The summed E-state index contributed by atoms with van der Waals surface area (Å²) in [6, 6.07) is 5.36. The van der Waals surface area contributed by atoms with Crippen molar-refractivity contribution in [1.82, 2.24) is 9.88 Å². The molecule has 5 heteroatoms. The van der Waals surface area contributed by atoms with Gasteiger partial charge in [0.1, 0.15) is 5.69 Å². The van der Waals surface area contributed by atoms with E-state index in [0.29, 0.717) is 38.0 Å². The van der Waals surface area contributed by atoms with E-state index in [-0.39, 0.29) is 5.91 Å². The van der Waals surface area contributed by atoms with Crippen molar-refractivity contribution >= 4 is 11.9 Å². The Hall–Kier alpha value is -1.91. The molecule has 1 amide bonds. The second kappa shape index (κ2) is 5.61. The average molecular weight is 276 g/mol. The zero-order valence-corrected chi connectivity index (χ0v) is 11.9. The van der Waals surface area contributed by atoms with Gasteiger partial charge in [-0.1, -0.05) is 13.0 Å². The van der Waals surface area contributed by atoms with Crippen LogP contribution in [0.15, 0.2) is 18.2 Å². The minimum absolute atomic E-state index is 0.108. The van der Waals surface area contributed by atoms with E-state index < -0.39 is 11.4 Å². The molecule has 1 saturated heterocycles. The number of amides is 1. The third kappa shape index (κ3) is 2.66. The maximum Gasteiger partial charge on any atom is 0.309 e. The number of rotatable bonds is 3. The predicted octanol–water partition coefficient (Wildman–Crippen LogP) is 2.11. The van der Waals surface area contributed by atoms with Crippen LogP contribution in [0.4, 0.5) is 0 Å². The van der Waals surface area contributed by atoms with Crippen molar-refractivity contribution in [2.75, 3.05) is 13.1 Å². The average Bonchev–Trinajstić information content (AvgIpc) is 2.46. The van der Waals surface area contributed by atoms with Crippen LogP contribution in [-0.2, 0) is 4.79 Å².